The summed E-state index contributed by atoms with van der Waals surface area (Å²) in [5.41, 5.74) is 6.84. The second kappa shape index (κ2) is 8.70. The standard InChI is InChI=1S/C19H30N2O.ClH/c1-4-19(5-2,17-11-7-6-8-12-17)18(22)21-13-9-10-16(14-21)15(3)20;/h6-8,11-12,15-16H,4-5,9-10,13-14,20H2,1-3H3;1H. The predicted molar refractivity (Wildman–Crippen MR) is 98.9 cm³/mol. The van der Waals surface area contributed by atoms with Crippen LogP contribution in [0, 0.1) is 5.92 Å². The van der Waals surface area contributed by atoms with Crippen molar-refractivity contribution in [3.8, 4) is 0 Å². The first-order chi connectivity index (χ1) is 10.5. The Balaban J connectivity index is 0.00000264. The minimum Gasteiger partial charge on any atom is -0.342 e. The third kappa shape index (κ3) is 4.07. The fourth-order valence-corrected chi connectivity index (χ4v) is 3.77. The lowest BCUT2D eigenvalue weighted by Gasteiger charge is -2.41. The quantitative estimate of drug-likeness (QED) is 0.888. The van der Waals surface area contributed by atoms with E-state index in [1.807, 2.05) is 18.2 Å². The molecule has 1 heterocycles. The molecule has 3 nitrogen and oxygen atoms in total. The Labute approximate surface area is 147 Å². The third-order valence-electron chi connectivity index (χ3n) is 5.43. The van der Waals surface area contributed by atoms with Gasteiger partial charge in [-0.15, -0.1) is 12.4 Å². The van der Waals surface area contributed by atoms with Gasteiger partial charge in [0, 0.05) is 19.1 Å². The molecule has 2 N–H and O–H groups in total. The van der Waals surface area contributed by atoms with Crippen LogP contribution in [0.15, 0.2) is 30.3 Å². The maximum Gasteiger partial charge on any atom is 0.233 e. The highest BCUT2D eigenvalue weighted by Gasteiger charge is 2.41. The number of benzene rings is 1. The summed E-state index contributed by atoms with van der Waals surface area (Å²) >= 11 is 0. The van der Waals surface area contributed by atoms with Crippen LogP contribution in [0.3, 0.4) is 0 Å². The number of carbonyl (C=O) groups excluding carboxylic acids is 1. The van der Waals surface area contributed by atoms with Gasteiger partial charge >= 0.3 is 0 Å². The first-order valence-corrected chi connectivity index (χ1v) is 8.65. The zero-order chi connectivity index (χ0) is 16.2. The first-order valence-electron chi connectivity index (χ1n) is 8.65. The lowest BCUT2D eigenvalue weighted by Crippen LogP contribution is -2.52. The Hall–Kier alpha value is -1.06. The Kier molecular flexibility index (Phi) is 7.56. The Morgan fingerprint density at radius 2 is 1.91 bits per heavy atom. The van der Waals surface area contributed by atoms with Gasteiger partial charge in [-0.3, -0.25) is 4.79 Å². The summed E-state index contributed by atoms with van der Waals surface area (Å²) in [6.07, 6.45) is 3.88. The molecule has 23 heavy (non-hydrogen) atoms. The number of rotatable bonds is 5. The van der Waals surface area contributed by atoms with E-state index in [9.17, 15) is 4.79 Å². The number of nitrogens with zero attached hydrogens (tertiary/aromatic N) is 1. The van der Waals surface area contributed by atoms with Gasteiger partial charge in [0.2, 0.25) is 5.91 Å². The lowest BCUT2D eigenvalue weighted by atomic mass is 9.74. The minimum absolute atomic E-state index is 0. The molecule has 0 spiro atoms. The van der Waals surface area contributed by atoms with Gasteiger partial charge in [0.1, 0.15) is 0 Å². The van der Waals surface area contributed by atoms with E-state index in [4.69, 9.17) is 5.73 Å². The monoisotopic (exact) mass is 338 g/mol. The average molecular weight is 339 g/mol. The molecule has 4 heteroatoms. The molecule has 0 bridgehead atoms. The summed E-state index contributed by atoms with van der Waals surface area (Å²) in [5, 5.41) is 0. The highest BCUT2D eigenvalue weighted by molar-refractivity contribution is 5.88. The van der Waals surface area contributed by atoms with Crippen molar-refractivity contribution >= 4 is 18.3 Å². The number of hydrogen-bond donors (Lipinski definition) is 1. The van der Waals surface area contributed by atoms with Crippen LogP contribution in [-0.2, 0) is 10.2 Å². The molecule has 1 aliphatic heterocycles. The summed E-state index contributed by atoms with van der Waals surface area (Å²) in [4.78, 5) is 15.4. The molecule has 0 aliphatic carbocycles. The molecule has 1 aromatic rings. The molecule has 0 radical (unpaired) electrons. The van der Waals surface area contributed by atoms with E-state index in [1.165, 1.54) is 0 Å². The minimum atomic E-state index is -0.388. The molecule has 1 fully saturated rings. The SMILES string of the molecule is CCC(CC)(C(=O)N1CCCC(C(C)N)C1)c1ccccc1.Cl. The summed E-state index contributed by atoms with van der Waals surface area (Å²) in [7, 11) is 0. The van der Waals surface area contributed by atoms with Crippen molar-refractivity contribution in [1.29, 1.82) is 0 Å². The van der Waals surface area contributed by atoms with Crippen LogP contribution in [0.5, 0.6) is 0 Å². The van der Waals surface area contributed by atoms with E-state index in [0.717, 1.165) is 44.3 Å². The van der Waals surface area contributed by atoms with E-state index >= 15 is 0 Å². The maximum absolute atomic E-state index is 13.3. The summed E-state index contributed by atoms with van der Waals surface area (Å²) < 4.78 is 0. The van der Waals surface area contributed by atoms with Crippen molar-refractivity contribution in [2.75, 3.05) is 13.1 Å². The number of piperidine rings is 1. The fourth-order valence-electron chi connectivity index (χ4n) is 3.77. The number of carbonyl (C=O) groups is 1. The van der Waals surface area contributed by atoms with Gasteiger partial charge in [-0.25, -0.2) is 0 Å². The van der Waals surface area contributed by atoms with Crippen molar-refractivity contribution in [3.05, 3.63) is 35.9 Å². The topological polar surface area (TPSA) is 46.3 Å². The highest BCUT2D eigenvalue weighted by Crippen LogP contribution is 2.35. The summed E-state index contributed by atoms with van der Waals surface area (Å²) in [5.74, 6) is 0.717. The number of halogens is 1. The third-order valence-corrected chi connectivity index (χ3v) is 5.43. The summed E-state index contributed by atoms with van der Waals surface area (Å²) in [6.45, 7) is 7.99. The van der Waals surface area contributed by atoms with Gasteiger partial charge in [0.15, 0.2) is 0 Å². The normalized spacial score (nSPS) is 19.8. The number of hydrogen-bond acceptors (Lipinski definition) is 2. The Morgan fingerprint density at radius 1 is 1.30 bits per heavy atom. The molecule has 0 saturated carbocycles. The van der Waals surface area contributed by atoms with Crippen molar-refractivity contribution in [1.82, 2.24) is 4.90 Å². The van der Waals surface area contributed by atoms with Crippen molar-refractivity contribution in [2.45, 2.75) is 57.9 Å². The molecule has 1 amide bonds. The molecule has 1 aliphatic rings. The number of likely N-dealkylation sites (tertiary alicyclic amines) is 1. The molecule has 2 atom stereocenters. The van der Waals surface area contributed by atoms with E-state index in [2.05, 4.69) is 37.8 Å². The van der Waals surface area contributed by atoms with Crippen molar-refractivity contribution < 1.29 is 4.79 Å². The van der Waals surface area contributed by atoms with Gasteiger partial charge in [0.25, 0.3) is 0 Å². The molecular formula is C19H31ClN2O. The molecular weight excluding hydrogens is 308 g/mol. The van der Waals surface area contributed by atoms with Crippen LogP contribution in [-0.4, -0.2) is 29.9 Å². The first kappa shape index (κ1) is 20.0. The number of nitrogens with two attached hydrogens (primary N) is 1. The van der Waals surface area contributed by atoms with E-state index in [-0.39, 0.29) is 29.8 Å². The largest absolute Gasteiger partial charge is 0.342 e. The number of amides is 1. The van der Waals surface area contributed by atoms with Crippen LogP contribution in [0.1, 0.15) is 52.0 Å². The highest BCUT2D eigenvalue weighted by atomic mass is 35.5. The van der Waals surface area contributed by atoms with Gasteiger partial charge < -0.3 is 10.6 Å². The van der Waals surface area contributed by atoms with Crippen molar-refractivity contribution in [3.63, 3.8) is 0 Å². The smallest absolute Gasteiger partial charge is 0.233 e. The Morgan fingerprint density at radius 3 is 2.43 bits per heavy atom. The van der Waals surface area contributed by atoms with Gasteiger partial charge in [-0.1, -0.05) is 44.2 Å². The molecule has 2 unspecified atom stereocenters. The predicted octanol–water partition coefficient (Wildman–Crippen LogP) is 3.75. The molecule has 1 aromatic carbocycles. The van der Waals surface area contributed by atoms with E-state index < -0.39 is 0 Å². The average Bonchev–Trinajstić information content (AvgIpc) is 2.57. The second-order valence-electron chi connectivity index (χ2n) is 6.67. The van der Waals surface area contributed by atoms with Crippen LogP contribution in [0.25, 0.3) is 0 Å². The van der Waals surface area contributed by atoms with E-state index in [1.54, 1.807) is 0 Å². The Bertz CT molecular complexity index is 485. The fraction of sp³-hybridized carbons (Fsp3) is 0.632. The van der Waals surface area contributed by atoms with Crippen molar-refractivity contribution in [2.24, 2.45) is 11.7 Å². The van der Waals surface area contributed by atoms with Crippen LogP contribution >= 0.6 is 12.4 Å². The van der Waals surface area contributed by atoms with Crippen LogP contribution in [0.4, 0.5) is 0 Å². The van der Waals surface area contributed by atoms with Gasteiger partial charge in [-0.2, -0.15) is 0 Å². The van der Waals surface area contributed by atoms with Gasteiger partial charge in [0.05, 0.1) is 5.41 Å². The maximum atomic E-state index is 13.3. The van der Waals surface area contributed by atoms with Gasteiger partial charge in [-0.05, 0) is 44.1 Å². The second-order valence-corrected chi connectivity index (χ2v) is 6.67. The zero-order valence-electron chi connectivity index (χ0n) is 14.6. The lowest BCUT2D eigenvalue weighted by molar-refractivity contribution is -0.140. The van der Waals surface area contributed by atoms with E-state index in [0.29, 0.717) is 5.92 Å². The molecule has 1 saturated heterocycles. The summed E-state index contributed by atoms with van der Waals surface area (Å²) in [6, 6.07) is 10.4. The van der Waals surface area contributed by atoms with Crippen LogP contribution < -0.4 is 5.73 Å². The van der Waals surface area contributed by atoms with Crippen LogP contribution in [0.2, 0.25) is 0 Å². The zero-order valence-corrected chi connectivity index (χ0v) is 15.4. The molecule has 2 rings (SSSR count). The molecule has 0 aromatic heterocycles. The molecule has 130 valence electrons.